The minimum absolute atomic E-state index is 0.235. The van der Waals surface area contributed by atoms with Gasteiger partial charge in [-0.1, -0.05) is 66.2 Å². The van der Waals surface area contributed by atoms with Crippen LogP contribution in [-0.4, -0.2) is 35.7 Å². The van der Waals surface area contributed by atoms with Crippen LogP contribution in [0.15, 0.2) is 90.0 Å². The number of aromatic amines is 1. The van der Waals surface area contributed by atoms with Crippen LogP contribution in [0.25, 0.3) is 10.9 Å². The maximum absolute atomic E-state index is 13.9. The number of aromatic nitrogens is 1. The molecule has 4 aromatic rings. The van der Waals surface area contributed by atoms with Crippen LogP contribution in [0.2, 0.25) is 0 Å². The third-order valence-electron chi connectivity index (χ3n) is 7.06. The van der Waals surface area contributed by atoms with Crippen molar-refractivity contribution in [3.05, 3.63) is 112 Å². The fourth-order valence-electron chi connectivity index (χ4n) is 5.40. The number of hydrogen-bond acceptors (Lipinski definition) is 4. The van der Waals surface area contributed by atoms with E-state index in [1.807, 2.05) is 67.7 Å². The number of nitro groups is 1. The highest BCUT2D eigenvalue weighted by molar-refractivity contribution is 7.89. The van der Waals surface area contributed by atoms with Gasteiger partial charge in [0.25, 0.3) is 0 Å². The van der Waals surface area contributed by atoms with Crippen molar-refractivity contribution in [1.29, 1.82) is 0 Å². The smallest absolute Gasteiger partial charge is 0.243 e. The zero-order valence-electron chi connectivity index (χ0n) is 19.4. The molecule has 35 heavy (non-hydrogen) atoms. The van der Waals surface area contributed by atoms with E-state index >= 15 is 0 Å². The number of fused-ring (bicyclic) bond motifs is 1. The number of H-pyrrole nitrogens is 1. The molecule has 180 valence electrons. The Morgan fingerprint density at radius 3 is 2.43 bits per heavy atom. The summed E-state index contributed by atoms with van der Waals surface area (Å²) in [6, 6.07) is 23.5. The molecule has 1 aliphatic rings. The van der Waals surface area contributed by atoms with Crippen molar-refractivity contribution in [2.75, 3.05) is 13.1 Å². The molecule has 3 atom stereocenters. The maximum atomic E-state index is 13.9. The molecule has 5 rings (SSSR count). The number of nitrogens with zero attached hydrogens (tertiary/aromatic N) is 2. The van der Waals surface area contributed by atoms with Gasteiger partial charge in [-0.2, -0.15) is 4.31 Å². The van der Waals surface area contributed by atoms with E-state index < -0.39 is 22.0 Å². The van der Waals surface area contributed by atoms with Crippen molar-refractivity contribution in [2.24, 2.45) is 5.92 Å². The summed E-state index contributed by atoms with van der Waals surface area (Å²) >= 11 is 0. The fraction of sp³-hybridized carbons (Fsp3) is 0.259. The lowest BCUT2D eigenvalue weighted by Gasteiger charge is -2.31. The van der Waals surface area contributed by atoms with Gasteiger partial charge in [0.1, 0.15) is 0 Å². The summed E-state index contributed by atoms with van der Waals surface area (Å²) in [5.74, 6) is -0.690. The van der Waals surface area contributed by atoms with E-state index in [2.05, 4.69) is 4.98 Å². The molecule has 1 saturated heterocycles. The number of rotatable bonds is 7. The van der Waals surface area contributed by atoms with Crippen LogP contribution in [0.4, 0.5) is 0 Å². The zero-order valence-corrected chi connectivity index (χ0v) is 20.2. The standard InChI is InChI=1S/C27H27N3O4S/c1-19-11-13-21(14-12-19)35(33,34)29-16-15-23(25(18-30(31)32)20-7-3-2-4-8-20)27(29)24-17-28-26-10-6-5-9-22(24)26/h2-14,17,23,25,27-28H,15-16,18H2,1H3/t23-,25-,27+/m1/s1. The second kappa shape index (κ2) is 9.28. The summed E-state index contributed by atoms with van der Waals surface area (Å²) < 4.78 is 29.3. The SMILES string of the molecule is Cc1ccc(S(=O)(=O)N2CC[C@H]([C@H](C[N+](=O)[O-])c3ccccc3)[C@H]2c2c[nH]c3ccccc23)cc1. The van der Waals surface area contributed by atoms with Crippen LogP contribution < -0.4 is 0 Å². The average Bonchev–Trinajstić information content (AvgIpc) is 3.48. The molecule has 1 fully saturated rings. The molecule has 0 unspecified atom stereocenters. The Morgan fingerprint density at radius 1 is 1.03 bits per heavy atom. The van der Waals surface area contributed by atoms with Crippen molar-refractivity contribution in [1.82, 2.24) is 9.29 Å². The van der Waals surface area contributed by atoms with E-state index in [9.17, 15) is 18.5 Å². The minimum Gasteiger partial charge on any atom is -0.361 e. The number of aryl methyl sites for hydroxylation is 1. The first-order valence-electron chi connectivity index (χ1n) is 11.7. The molecule has 0 saturated carbocycles. The van der Waals surface area contributed by atoms with E-state index in [-0.39, 0.29) is 22.3 Å². The highest BCUT2D eigenvalue weighted by atomic mass is 32.2. The lowest BCUT2D eigenvalue weighted by molar-refractivity contribution is -0.485. The largest absolute Gasteiger partial charge is 0.361 e. The average molecular weight is 490 g/mol. The fourth-order valence-corrected chi connectivity index (χ4v) is 7.06. The maximum Gasteiger partial charge on any atom is 0.243 e. The van der Waals surface area contributed by atoms with Gasteiger partial charge in [-0.3, -0.25) is 10.1 Å². The van der Waals surface area contributed by atoms with Crippen LogP contribution in [0.3, 0.4) is 0 Å². The van der Waals surface area contributed by atoms with Gasteiger partial charge >= 0.3 is 0 Å². The molecule has 1 aliphatic heterocycles. The Hall–Kier alpha value is -3.49. The van der Waals surface area contributed by atoms with Crippen LogP contribution >= 0.6 is 0 Å². The number of sulfonamides is 1. The van der Waals surface area contributed by atoms with Crippen LogP contribution in [0, 0.1) is 23.0 Å². The molecule has 0 radical (unpaired) electrons. The topological polar surface area (TPSA) is 96.3 Å². The zero-order chi connectivity index (χ0) is 24.6. The molecule has 0 spiro atoms. The Kier molecular flexibility index (Phi) is 6.17. The number of nitrogens with one attached hydrogen (secondary N) is 1. The van der Waals surface area contributed by atoms with E-state index in [4.69, 9.17) is 0 Å². The van der Waals surface area contributed by atoms with Gasteiger partial charge in [0.15, 0.2) is 0 Å². The Balaban J connectivity index is 1.66. The Morgan fingerprint density at radius 2 is 1.71 bits per heavy atom. The molecule has 2 heterocycles. The predicted octanol–water partition coefficient (Wildman–Crippen LogP) is 5.29. The highest BCUT2D eigenvalue weighted by Crippen LogP contribution is 2.49. The van der Waals surface area contributed by atoms with Crippen molar-refractivity contribution in [2.45, 2.75) is 30.2 Å². The number of benzene rings is 3. The third-order valence-corrected chi connectivity index (χ3v) is 8.95. The summed E-state index contributed by atoms with van der Waals surface area (Å²) in [5, 5.41) is 12.7. The predicted molar refractivity (Wildman–Crippen MR) is 135 cm³/mol. The molecule has 0 bridgehead atoms. The summed E-state index contributed by atoms with van der Waals surface area (Å²) in [4.78, 5) is 15.0. The monoisotopic (exact) mass is 489 g/mol. The minimum atomic E-state index is -3.83. The lowest BCUT2D eigenvalue weighted by atomic mass is 9.79. The lowest BCUT2D eigenvalue weighted by Crippen LogP contribution is -2.34. The van der Waals surface area contributed by atoms with Crippen molar-refractivity contribution in [3.8, 4) is 0 Å². The van der Waals surface area contributed by atoms with E-state index in [0.29, 0.717) is 13.0 Å². The molecule has 3 aromatic carbocycles. The van der Waals surface area contributed by atoms with Gasteiger partial charge in [-0.05, 0) is 48.6 Å². The van der Waals surface area contributed by atoms with Crippen LogP contribution in [0.1, 0.15) is 35.1 Å². The highest BCUT2D eigenvalue weighted by Gasteiger charge is 2.47. The molecular formula is C27H27N3O4S. The molecule has 8 heteroatoms. The van der Waals surface area contributed by atoms with Crippen LogP contribution in [0.5, 0.6) is 0 Å². The molecular weight excluding hydrogens is 462 g/mol. The van der Waals surface area contributed by atoms with Crippen LogP contribution in [-0.2, 0) is 10.0 Å². The van der Waals surface area contributed by atoms with Gasteiger partial charge in [-0.15, -0.1) is 0 Å². The summed E-state index contributed by atoms with van der Waals surface area (Å²) in [6.07, 6.45) is 2.39. The Bertz CT molecular complexity index is 1450. The molecule has 1 aromatic heterocycles. The molecule has 0 aliphatic carbocycles. The quantitative estimate of drug-likeness (QED) is 0.282. The summed E-state index contributed by atoms with van der Waals surface area (Å²) in [5.41, 5.74) is 3.59. The number of hydrogen-bond donors (Lipinski definition) is 1. The third kappa shape index (κ3) is 4.35. The normalized spacial score (nSPS) is 19.7. The van der Waals surface area contributed by atoms with Gasteiger partial charge in [0, 0.05) is 28.6 Å². The van der Waals surface area contributed by atoms with E-state index in [0.717, 1.165) is 27.6 Å². The molecule has 0 amide bonds. The second-order valence-electron chi connectivity index (χ2n) is 9.15. The van der Waals surface area contributed by atoms with Gasteiger partial charge in [0.2, 0.25) is 16.6 Å². The summed E-state index contributed by atoms with van der Waals surface area (Å²) in [6.45, 7) is 1.96. The van der Waals surface area contributed by atoms with Gasteiger partial charge in [0.05, 0.1) is 16.9 Å². The second-order valence-corrected chi connectivity index (χ2v) is 11.0. The first-order valence-corrected chi connectivity index (χ1v) is 13.1. The van der Waals surface area contributed by atoms with Crippen molar-refractivity contribution < 1.29 is 13.3 Å². The van der Waals surface area contributed by atoms with Crippen molar-refractivity contribution >= 4 is 20.9 Å². The van der Waals surface area contributed by atoms with Crippen molar-refractivity contribution in [3.63, 3.8) is 0 Å². The molecule has 1 N–H and O–H groups in total. The van der Waals surface area contributed by atoms with Gasteiger partial charge in [-0.25, -0.2) is 8.42 Å². The summed E-state index contributed by atoms with van der Waals surface area (Å²) in [7, 11) is -3.83. The van der Waals surface area contributed by atoms with E-state index in [1.54, 1.807) is 28.6 Å². The first-order chi connectivity index (χ1) is 16.9. The molecule has 7 nitrogen and oxygen atoms in total. The first kappa shape index (κ1) is 23.3. The Labute approximate surface area is 204 Å². The van der Waals surface area contributed by atoms with Gasteiger partial charge < -0.3 is 4.98 Å². The van der Waals surface area contributed by atoms with E-state index in [1.165, 1.54) is 0 Å². The number of para-hydroxylation sites is 1.